The Kier molecular flexibility index (Phi) is 8.12. The Morgan fingerprint density at radius 1 is 1.41 bits per heavy atom. The number of carbonyl (C=O) groups excluding carboxylic acids is 1. The van der Waals surface area contributed by atoms with E-state index in [4.69, 9.17) is 5.73 Å². The first kappa shape index (κ1) is 16.4. The molecule has 0 aliphatic heterocycles. The van der Waals surface area contributed by atoms with Gasteiger partial charge in [0.05, 0.1) is 0 Å². The van der Waals surface area contributed by atoms with Gasteiger partial charge >= 0.3 is 0 Å². The molecule has 0 aromatic carbocycles. The summed E-state index contributed by atoms with van der Waals surface area (Å²) in [5.41, 5.74) is 5.79. The fourth-order valence-corrected chi connectivity index (χ4v) is 2.22. The van der Waals surface area contributed by atoms with Crippen molar-refractivity contribution in [3.8, 4) is 0 Å². The molecule has 0 aliphatic carbocycles. The second kappa shape index (κ2) is 8.44. The van der Waals surface area contributed by atoms with E-state index in [0.717, 1.165) is 13.1 Å². The summed E-state index contributed by atoms with van der Waals surface area (Å²) in [5.74, 6) is 0.0518. The summed E-state index contributed by atoms with van der Waals surface area (Å²) >= 11 is 0. The fraction of sp³-hybridized carbons (Fsp3) is 0.917. The topological polar surface area (TPSA) is 61.6 Å². The number of amides is 1. The first-order valence-electron chi connectivity index (χ1n) is 6.27. The zero-order valence-corrected chi connectivity index (χ0v) is 11.9. The van der Waals surface area contributed by atoms with E-state index in [9.17, 15) is 4.79 Å². The van der Waals surface area contributed by atoms with E-state index in [-0.39, 0.29) is 11.9 Å². The van der Waals surface area contributed by atoms with Crippen molar-refractivity contribution in [3.05, 3.63) is 0 Å². The summed E-state index contributed by atoms with van der Waals surface area (Å²) < 4.78 is 0. The molecular weight excluding hydrogens is 216 g/mol. The van der Waals surface area contributed by atoms with Crippen molar-refractivity contribution in [3.63, 3.8) is 0 Å². The molecule has 0 radical (unpaired) electrons. The van der Waals surface area contributed by atoms with E-state index >= 15 is 0 Å². The number of likely N-dealkylation sites (N-methyl/N-ethyl adjacent to an activating group) is 2. The van der Waals surface area contributed by atoms with Gasteiger partial charge in [-0.15, -0.1) is 0 Å². The van der Waals surface area contributed by atoms with Crippen molar-refractivity contribution in [1.82, 2.24) is 15.1 Å². The van der Waals surface area contributed by atoms with E-state index in [2.05, 4.69) is 43.1 Å². The molecule has 0 bridgehead atoms. The van der Waals surface area contributed by atoms with Crippen LogP contribution < -0.4 is 11.1 Å². The average Bonchev–Trinajstić information content (AvgIpc) is 2.27. The maximum absolute atomic E-state index is 11.4. The maximum atomic E-state index is 11.4. The Bertz CT molecular complexity index is 221. The Morgan fingerprint density at radius 3 is 2.35 bits per heavy atom. The van der Waals surface area contributed by atoms with Gasteiger partial charge in [-0.05, 0) is 27.6 Å². The minimum Gasteiger partial charge on any atom is -0.359 e. The Balaban J connectivity index is 4.51. The van der Waals surface area contributed by atoms with Crippen LogP contribution in [0.5, 0.6) is 0 Å². The van der Waals surface area contributed by atoms with Gasteiger partial charge in [0, 0.05) is 38.6 Å². The molecule has 0 saturated carbocycles. The zero-order chi connectivity index (χ0) is 13.4. The van der Waals surface area contributed by atoms with Crippen molar-refractivity contribution < 1.29 is 4.79 Å². The summed E-state index contributed by atoms with van der Waals surface area (Å²) in [6, 6.07) is 0.517. The van der Waals surface area contributed by atoms with Gasteiger partial charge in [0.25, 0.3) is 0 Å². The van der Waals surface area contributed by atoms with Crippen LogP contribution in [0.2, 0.25) is 0 Å². The lowest BCUT2D eigenvalue weighted by Crippen LogP contribution is -2.50. The van der Waals surface area contributed by atoms with Gasteiger partial charge in [0.15, 0.2) is 0 Å². The lowest BCUT2D eigenvalue weighted by Gasteiger charge is -2.36. The molecule has 17 heavy (non-hydrogen) atoms. The van der Waals surface area contributed by atoms with Gasteiger partial charge in [-0.1, -0.05) is 6.92 Å². The van der Waals surface area contributed by atoms with Crippen LogP contribution in [-0.2, 0) is 4.79 Å². The number of carbonyl (C=O) groups is 1. The molecule has 0 aromatic heterocycles. The fourth-order valence-electron chi connectivity index (χ4n) is 2.22. The summed E-state index contributed by atoms with van der Waals surface area (Å²) in [7, 11) is 5.77. The molecule has 3 N–H and O–H groups in total. The van der Waals surface area contributed by atoms with Crippen molar-refractivity contribution >= 4 is 5.91 Å². The Hall–Kier alpha value is -0.650. The predicted molar refractivity (Wildman–Crippen MR) is 71.9 cm³/mol. The van der Waals surface area contributed by atoms with Crippen LogP contribution in [0.4, 0.5) is 0 Å². The summed E-state index contributed by atoms with van der Waals surface area (Å²) in [6.45, 7) is 6.68. The van der Waals surface area contributed by atoms with Crippen LogP contribution in [0.1, 0.15) is 20.3 Å². The van der Waals surface area contributed by atoms with Crippen LogP contribution in [0.3, 0.4) is 0 Å². The summed E-state index contributed by atoms with van der Waals surface area (Å²) in [5, 5.41) is 2.66. The third-order valence-electron chi connectivity index (χ3n) is 3.00. The third kappa shape index (κ3) is 6.00. The number of nitrogens with zero attached hydrogens (tertiary/aromatic N) is 2. The molecule has 0 rings (SSSR count). The molecule has 102 valence electrons. The first-order valence-corrected chi connectivity index (χ1v) is 6.27. The third-order valence-corrected chi connectivity index (χ3v) is 3.00. The lowest BCUT2D eigenvalue weighted by molar-refractivity contribution is -0.122. The van der Waals surface area contributed by atoms with Gasteiger partial charge in [-0.3, -0.25) is 9.69 Å². The highest BCUT2D eigenvalue weighted by Gasteiger charge is 2.23. The SMILES string of the molecule is CCN(C(C)CN(C)C)C(CN)CC(=O)NC. The number of nitrogens with one attached hydrogen (secondary N) is 1. The second-order valence-corrected chi connectivity index (χ2v) is 4.71. The molecule has 2 atom stereocenters. The molecule has 0 heterocycles. The smallest absolute Gasteiger partial charge is 0.221 e. The largest absolute Gasteiger partial charge is 0.359 e. The molecular formula is C12H28N4O. The highest BCUT2D eigenvalue weighted by molar-refractivity contribution is 5.76. The maximum Gasteiger partial charge on any atom is 0.221 e. The van der Waals surface area contributed by atoms with Gasteiger partial charge in [-0.2, -0.15) is 0 Å². The molecule has 0 aromatic rings. The predicted octanol–water partition coefficient (Wildman–Crippen LogP) is -0.278. The molecule has 5 nitrogen and oxygen atoms in total. The molecule has 0 saturated heterocycles. The quantitative estimate of drug-likeness (QED) is 0.616. The Morgan fingerprint density at radius 2 is 2.00 bits per heavy atom. The Labute approximate surface area is 105 Å². The van der Waals surface area contributed by atoms with Crippen LogP contribution >= 0.6 is 0 Å². The summed E-state index contributed by atoms with van der Waals surface area (Å²) in [4.78, 5) is 15.9. The molecule has 5 heteroatoms. The average molecular weight is 244 g/mol. The van der Waals surface area contributed by atoms with E-state index in [1.54, 1.807) is 7.05 Å². The first-order chi connectivity index (χ1) is 7.96. The van der Waals surface area contributed by atoms with Crippen LogP contribution in [-0.4, -0.2) is 68.6 Å². The molecule has 1 amide bonds. The minimum atomic E-state index is 0.0518. The zero-order valence-electron chi connectivity index (χ0n) is 11.9. The lowest BCUT2D eigenvalue weighted by atomic mass is 10.1. The summed E-state index contributed by atoms with van der Waals surface area (Å²) in [6.07, 6.45) is 0.471. The van der Waals surface area contributed by atoms with Crippen LogP contribution in [0.25, 0.3) is 0 Å². The molecule has 0 spiro atoms. The van der Waals surface area contributed by atoms with Crippen molar-refractivity contribution in [2.24, 2.45) is 5.73 Å². The van der Waals surface area contributed by atoms with Crippen molar-refractivity contribution in [2.45, 2.75) is 32.4 Å². The minimum absolute atomic E-state index is 0.0518. The van der Waals surface area contributed by atoms with Crippen molar-refractivity contribution in [2.75, 3.05) is 40.8 Å². The standard InChI is InChI=1S/C12H28N4O/c1-6-16(10(2)9-15(4)5)11(8-13)7-12(17)14-3/h10-11H,6-9,13H2,1-5H3,(H,14,17). The second-order valence-electron chi connectivity index (χ2n) is 4.71. The molecule has 0 fully saturated rings. The van der Waals surface area contributed by atoms with Gasteiger partial charge < -0.3 is 16.0 Å². The number of hydrogen-bond acceptors (Lipinski definition) is 4. The van der Waals surface area contributed by atoms with Crippen LogP contribution in [0.15, 0.2) is 0 Å². The van der Waals surface area contributed by atoms with E-state index in [0.29, 0.717) is 19.0 Å². The highest BCUT2D eigenvalue weighted by atomic mass is 16.1. The van der Waals surface area contributed by atoms with Gasteiger partial charge in [-0.25, -0.2) is 0 Å². The normalized spacial score (nSPS) is 15.1. The highest BCUT2D eigenvalue weighted by Crippen LogP contribution is 2.09. The van der Waals surface area contributed by atoms with E-state index in [1.165, 1.54) is 0 Å². The monoisotopic (exact) mass is 244 g/mol. The number of rotatable bonds is 8. The van der Waals surface area contributed by atoms with Crippen molar-refractivity contribution in [1.29, 1.82) is 0 Å². The van der Waals surface area contributed by atoms with Crippen LogP contribution in [0, 0.1) is 0 Å². The molecule has 2 unspecified atom stereocenters. The number of nitrogens with two attached hydrogens (primary N) is 1. The van der Waals surface area contributed by atoms with Gasteiger partial charge in [0.1, 0.15) is 0 Å². The van der Waals surface area contributed by atoms with Gasteiger partial charge in [0.2, 0.25) is 5.91 Å². The molecule has 0 aliphatic rings. The van der Waals surface area contributed by atoms with E-state index < -0.39 is 0 Å². The number of hydrogen-bond donors (Lipinski definition) is 2. The van der Waals surface area contributed by atoms with E-state index in [1.807, 2.05) is 0 Å².